The van der Waals surface area contributed by atoms with Crippen LogP contribution in [0.1, 0.15) is 42.7 Å². The maximum atomic E-state index is 12.4. The summed E-state index contributed by atoms with van der Waals surface area (Å²) in [7, 11) is 5.62. The fourth-order valence-electron chi connectivity index (χ4n) is 4.56. The van der Waals surface area contributed by atoms with E-state index in [4.69, 9.17) is 14.6 Å². The third kappa shape index (κ3) is 6.97. The molecule has 35 heavy (non-hydrogen) atoms. The number of hydrogen-bond donors (Lipinski definition) is 1. The Hall–Kier alpha value is -3.08. The van der Waals surface area contributed by atoms with Gasteiger partial charge in [-0.1, -0.05) is 18.2 Å². The summed E-state index contributed by atoms with van der Waals surface area (Å²) in [4.78, 5) is 25.5. The highest BCUT2D eigenvalue weighted by atomic mass is 19.4. The highest BCUT2D eigenvalue weighted by Gasteiger charge is 2.43. The second kappa shape index (κ2) is 10.7. The van der Waals surface area contributed by atoms with Crippen molar-refractivity contribution in [3.63, 3.8) is 0 Å². The molecule has 1 N–H and O–H groups in total. The molecule has 11 heteroatoms. The van der Waals surface area contributed by atoms with Crippen LogP contribution in [0, 0.1) is 0 Å². The van der Waals surface area contributed by atoms with Crippen molar-refractivity contribution in [2.45, 2.75) is 49.9 Å². The molecule has 2 aliphatic rings. The lowest BCUT2D eigenvalue weighted by atomic mass is 9.76. The average Bonchev–Trinajstić information content (AvgIpc) is 3.19. The van der Waals surface area contributed by atoms with Gasteiger partial charge < -0.3 is 14.7 Å². The van der Waals surface area contributed by atoms with Gasteiger partial charge in [-0.05, 0) is 30.9 Å². The fourth-order valence-corrected chi connectivity index (χ4v) is 4.56. The molecule has 2 aromatic rings. The first-order valence-corrected chi connectivity index (χ1v) is 11.4. The molecule has 0 aliphatic carbocycles. The van der Waals surface area contributed by atoms with Gasteiger partial charge in [0.25, 0.3) is 0 Å². The zero-order valence-corrected chi connectivity index (χ0v) is 20.1. The summed E-state index contributed by atoms with van der Waals surface area (Å²) in [5.74, 6) is -1.38. The van der Waals surface area contributed by atoms with E-state index in [1.54, 1.807) is 4.90 Å². The summed E-state index contributed by atoms with van der Waals surface area (Å²) in [6.07, 6.45) is 2.41. The van der Waals surface area contributed by atoms with Crippen molar-refractivity contribution in [2.24, 2.45) is 7.05 Å². The van der Waals surface area contributed by atoms with Crippen molar-refractivity contribution in [1.29, 1.82) is 0 Å². The highest BCUT2D eigenvalue weighted by molar-refractivity contribution is 5.76. The number of aryl methyl sites for hydroxylation is 1. The van der Waals surface area contributed by atoms with Crippen LogP contribution >= 0.6 is 0 Å². The standard InChI is InChI=1S/C22H30N4O2.C2HF3O2/c1-24(2)21(27)12-18-13-22(28-20-7-5-4-6-19(18)20)8-10-26(11-9-22)16-17-14-23-25(3)15-17;3-2(4,5)1(6)7/h4-7,14-15,18H,8-13,16H2,1-3H3;(H,6,7). The van der Waals surface area contributed by atoms with Gasteiger partial charge in [-0.25, -0.2) is 4.79 Å². The molecular weight excluding hydrogens is 465 g/mol. The van der Waals surface area contributed by atoms with Gasteiger partial charge in [0, 0.05) is 64.9 Å². The minimum atomic E-state index is -5.08. The maximum absolute atomic E-state index is 12.4. The summed E-state index contributed by atoms with van der Waals surface area (Å²) >= 11 is 0. The van der Waals surface area contributed by atoms with Gasteiger partial charge in [0.2, 0.25) is 5.91 Å². The van der Waals surface area contributed by atoms with Gasteiger partial charge in [0.1, 0.15) is 11.4 Å². The van der Waals surface area contributed by atoms with E-state index in [1.165, 1.54) is 11.1 Å². The van der Waals surface area contributed by atoms with Gasteiger partial charge in [-0.3, -0.25) is 14.4 Å². The van der Waals surface area contributed by atoms with Gasteiger partial charge >= 0.3 is 12.1 Å². The number of aromatic nitrogens is 2. The number of carbonyl (C=O) groups excluding carboxylic acids is 1. The first kappa shape index (κ1) is 26.5. The molecule has 1 aromatic carbocycles. The molecule has 8 nitrogen and oxygen atoms in total. The van der Waals surface area contributed by atoms with E-state index in [1.807, 2.05) is 44.2 Å². The number of amides is 1. The minimum Gasteiger partial charge on any atom is -0.487 e. The number of hydrogen-bond acceptors (Lipinski definition) is 5. The van der Waals surface area contributed by atoms with E-state index in [-0.39, 0.29) is 17.4 Å². The molecule has 1 aromatic heterocycles. The number of nitrogens with zero attached hydrogens (tertiary/aromatic N) is 4. The summed E-state index contributed by atoms with van der Waals surface area (Å²) in [5, 5.41) is 11.4. The van der Waals surface area contributed by atoms with Crippen LogP contribution in [0.15, 0.2) is 36.7 Å². The third-order valence-electron chi connectivity index (χ3n) is 6.40. The monoisotopic (exact) mass is 496 g/mol. The molecular formula is C24H31F3N4O4. The first-order valence-electron chi connectivity index (χ1n) is 11.4. The highest BCUT2D eigenvalue weighted by Crippen LogP contribution is 2.46. The van der Waals surface area contributed by atoms with Gasteiger partial charge in [0.15, 0.2) is 0 Å². The van der Waals surface area contributed by atoms with Crippen LogP contribution in [0.25, 0.3) is 0 Å². The van der Waals surface area contributed by atoms with E-state index in [2.05, 4.69) is 28.3 Å². The van der Waals surface area contributed by atoms with Crippen molar-refractivity contribution >= 4 is 11.9 Å². The maximum Gasteiger partial charge on any atom is 0.490 e. The molecule has 1 amide bonds. The number of alkyl halides is 3. The lowest BCUT2D eigenvalue weighted by Gasteiger charge is -2.47. The van der Waals surface area contributed by atoms with Gasteiger partial charge in [-0.2, -0.15) is 18.3 Å². The van der Waals surface area contributed by atoms with Crippen LogP contribution < -0.4 is 4.74 Å². The Balaban J connectivity index is 0.000000429. The predicted molar refractivity (Wildman–Crippen MR) is 122 cm³/mol. The number of ether oxygens (including phenoxy) is 1. The number of carbonyl (C=O) groups is 2. The number of halogens is 3. The van der Waals surface area contributed by atoms with Crippen molar-refractivity contribution < 1.29 is 32.6 Å². The Morgan fingerprint density at radius 1 is 1.23 bits per heavy atom. The summed E-state index contributed by atoms with van der Waals surface area (Å²) < 4.78 is 40.2. The number of benzene rings is 1. The van der Waals surface area contributed by atoms with E-state index in [0.29, 0.717) is 6.42 Å². The minimum absolute atomic E-state index is 0.156. The predicted octanol–water partition coefficient (Wildman–Crippen LogP) is 3.43. The lowest BCUT2D eigenvalue weighted by molar-refractivity contribution is -0.192. The zero-order valence-electron chi connectivity index (χ0n) is 20.1. The number of likely N-dealkylation sites (tertiary alicyclic amines) is 1. The van der Waals surface area contributed by atoms with Gasteiger partial charge in [-0.15, -0.1) is 0 Å². The van der Waals surface area contributed by atoms with E-state index >= 15 is 0 Å². The molecule has 3 heterocycles. The second-order valence-corrected chi connectivity index (χ2v) is 9.32. The SMILES string of the molecule is CN(C)C(=O)CC1CC2(CCN(Cc3cnn(C)c3)CC2)Oc2ccccc21.O=C(O)C(F)(F)F. The Bertz CT molecular complexity index is 1030. The van der Waals surface area contributed by atoms with Crippen LogP contribution in [0.3, 0.4) is 0 Å². The zero-order chi connectivity index (χ0) is 25.8. The van der Waals surface area contributed by atoms with Crippen molar-refractivity contribution in [3.05, 3.63) is 47.8 Å². The molecule has 0 saturated carbocycles. The number of piperidine rings is 1. The Morgan fingerprint density at radius 3 is 2.40 bits per heavy atom. The number of aliphatic carboxylic acids is 1. The van der Waals surface area contributed by atoms with Crippen molar-refractivity contribution in [2.75, 3.05) is 27.2 Å². The average molecular weight is 497 g/mol. The summed E-state index contributed by atoms with van der Waals surface area (Å²) in [6.45, 7) is 2.94. The molecule has 1 unspecified atom stereocenters. The third-order valence-corrected chi connectivity index (χ3v) is 6.40. The normalized spacial score (nSPS) is 19.2. The molecule has 1 saturated heterocycles. The van der Waals surface area contributed by atoms with Gasteiger partial charge in [0.05, 0.1) is 6.20 Å². The largest absolute Gasteiger partial charge is 0.490 e. The number of carboxylic acid groups (broad SMARTS) is 1. The van der Waals surface area contributed by atoms with Crippen LogP contribution in [0.5, 0.6) is 5.75 Å². The number of rotatable bonds is 4. The van der Waals surface area contributed by atoms with Crippen LogP contribution in [-0.4, -0.2) is 75.5 Å². The molecule has 1 spiro atoms. The fraction of sp³-hybridized carbons (Fsp3) is 0.542. The van der Waals surface area contributed by atoms with Crippen LogP contribution in [0.4, 0.5) is 13.2 Å². The molecule has 192 valence electrons. The Labute approximate surface area is 202 Å². The molecule has 1 fully saturated rings. The molecule has 2 aliphatic heterocycles. The first-order chi connectivity index (χ1) is 16.4. The van der Waals surface area contributed by atoms with Crippen LogP contribution in [0.2, 0.25) is 0 Å². The van der Waals surface area contributed by atoms with Crippen molar-refractivity contribution in [3.8, 4) is 5.75 Å². The van der Waals surface area contributed by atoms with E-state index < -0.39 is 12.1 Å². The smallest absolute Gasteiger partial charge is 0.487 e. The molecule has 0 bridgehead atoms. The summed E-state index contributed by atoms with van der Waals surface area (Å²) in [6, 6.07) is 8.25. The van der Waals surface area contributed by atoms with E-state index in [0.717, 1.165) is 44.6 Å². The number of para-hydroxylation sites is 1. The number of fused-ring (bicyclic) bond motifs is 1. The quantitative estimate of drug-likeness (QED) is 0.698. The summed E-state index contributed by atoms with van der Waals surface area (Å²) in [5.41, 5.74) is 2.28. The van der Waals surface area contributed by atoms with Crippen molar-refractivity contribution in [1.82, 2.24) is 19.6 Å². The molecule has 1 atom stereocenters. The topological polar surface area (TPSA) is 87.9 Å². The molecule has 0 radical (unpaired) electrons. The number of carboxylic acids is 1. The Kier molecular flexibility index (Phi) is 8.09. The molecule has 4 rings (SSSR count). The van der Waals surface area contributed by atoms with E-state index in [9.17, 15) is 18.0 Å². The Morgan fingerprint density at radius 2 is 1.86 bits per heavy atom. The van der Waals surface area contributed by atoms with Crippen LogP contribution in [-0.2, 0) is 23.2 Å². The second-order valence-electron chi connectivity index (χ2n) is 9.32. The lowest BCUT2D eigenvalue weighted by Crippen LogP contribution is -2.50.